The van der Waals surface area contributed by atoms with Crippen LogP contribution in [0.4, 0.5) is 0 Å². The van der Waals surface area contributed by atoms with Crippen molar-refractivity contribution >= 4 is 5.91 Å². The summed E-state index contributed by atoms with van der Waals surface area (Å²) in [5.74, 6) is 0.0710. The molecule has 2 rings (SSSR count). The van der Waals surface area contributed by atoms with Crippen LogP contribution in [-0.2, 0) is 17.9 Å². The second kappa shape index (κ2) is 6.86. The first-order valence-corrected chi connectivity index (χ1v) is 6.61. The van der Waals surface area contributed by atoms with E-state index in [0.29, 0.717) is 13.1 Å². The number of hydrogen-bond donors (Lipinski definition) is 1. The van der Waals surface area contributed by atoms with Crippen LogP contribution in [0.3, 0.4) is 0 Å². The second-order valence-electron chi connectivity index (χ2n) is 4.92. The van der Waals surface area contributed by atoms with Crippen LogP contribution in [0.25, 0.3) is 0 Å². The summed E-state index contributed by atoms with van der Waals surface area (Å²) < 4.78 is 1.90. The Hall–Kier alpha value is -2.14. The van der Waals surface area contributed by atoms with Crippen LogP contribution in [0.2, 0.25) is 0 Å². The first-order valence-electron chi connectivity index (χ1n) is 6.61. The molecule has 0 saturated heterocycles. The predicted octanol–water partition coefficient (Wildman–Crippen LogP) is 1.11. The molecular formula is C15H20N4O. The fourth-order valence-corrected chi connectivity index (χ4v) is 1.83. The zero-order valence-corrected chi connectivity index (χ0v) is 11.9. The monoisotopic (exact) mass is 272 g/mol. The number of likely N-dealkylation sites (N-methyl/N-ethyl adjacent to an activating group) is 1. The molecule has 1 N–H and O–H groups in total. The molecule has 0 fully saturated rings. The van der Waals surface area contributed by atoms with Crippen LogP contribution in [0, 0.1) is 0 Å². The summed E-state index contributed by atoms with van der Waals surface area (Å²) in [6, 6.07) is 10.2. The molecule has 0 unspecified atom stereocenters. The highest BCUT2D eigenvalue weighted by Gasteiger charge is 2.04. The Balaban J connectivity index is 1.82. The van der Waals surface area contributed by atoms with Crippen LogP contribution < -0.4 is 5.32 Å². The average molecular weight is 272 g/mol. The SMILES string of the molecule is CN(C)C(=O)CNCc1cnn(Cc2ccccc2)c1. The van der Waals surface area contributed by atoms with E-state index in [9.17, 15) is 4.79 Å². The van der Waals surface area contributed by atoms with Crippen LogP contribution in [-0.4, -0.2) is 41.2 Å². The molecule has 0 aliphatic carbocycles. The molecule has 0 radical (unpaired) electrons. The summed E-state index contributed by atoms with van der Waals surface area (Å²) in [5.41, 5.74) is 2.30. The number of hydrogen-bond acceptors (Lipinski definition) is 3. The highest BCUT2D eigenvalue weighted by atomic mass is 16.2. The topological polar surface area (TPSA) is 50.2 Å². The molecule has 0 aliphatic heterocycles. The Kier molecular flexibility index (Phi) is 4.90. The molecule has 1 aromatic heterocycles. The van der Waals surface area contributed by atoms with Crippen molar-refractivity contribution in [2.24, 2.45) is 0 Å². The highest BCUT2D eigenvalue weighted by Crippen LogP contribution is 2.03. The smallest absolute Gasteiger partial charge is 0.236 e. The predicted molar refractivity (Wildman–Crippen MR) is 78.2 cm³/mol. The van der Waals surface area contributed by atoms with Gasteiger partial charge in [-0.2, -0.15) is 5.10 Å². The summed E-state index contributed by atoms with van der Waals surface area (Å²) >= 11 is 0. The Morgan fingerprint density at radius 1 is 1.25 bits per heavy atom. The van der Waals surface area contributed by atoms with E-state index in [-0.39, 0.29) is 5.91 Å². The number of nitrogens with one attached hydrogen (secondary N) is 1. The van der Waals surface area contributed by atoms with Crippen molar-refractivity contribution in [2.45, 2.75) is 13.1 Å². The minimum Gasteiger partial charge on any atom is -0.348 e. The summed E-state index contributed by atoms with van der Waals surface area (Å²) in [4.78, 5) is 13.0. The second-order valence-corrected chi connectivity index (χ2v) is 4.92. The lowest BCUT2D eigenvalue weighted by Gasteiger charge is -2.10. The maximum absolute atomic E-state index is 11.4. The molecule has 0 bridgehead atoms. The Labute approximate surface area is 119 Å². The van der Waals surface area contributed by atoms with E-state index in [1.54, 1.807) is 19.0 Å². The van der Waals surface area contributed by atoms with Gasteiger partial charge in [-0.3, -0.25) is 9.48 Å². The summed E-state index contributed by atoms with van der Waals surface area (Å²) in [7, 11) is 3.50. The zero-order chi connectivity index (χ0) is 14.4. The van der Waals surface area contributed by atoms with Gasteiger partial charge in [-0.1, -0.05) is 30.3 Å². The molecule has 106 valence electrons. The van der Waals surface area contributed by atoms with E-state index >= 15 is 0 Å². The molecule has 2 aromatic rings. The molecule has 1 amide bonds. The van der Waals surface area contributed by atoms with Gasteiger partial charge in [-0.05, 0) is 5.56 Å². The largest absolute Gasteiger partial charge is 0.348 e. The lowest BCUT2D eigenvalue weighted by atomic mass is 10.2. The van der Waals surface area contributed by atoms with Gasteiger partial charge in [0.05, 0.1) is 19.3 Å². The van der Waals surface area contributed by atoms with Gasteiger partial charge in [0.1, 0.15) is 0 Å². The number of benzene rings is 1. The third kappa shape index (κ3) is 4.20. The molecule has 5 nitrogen and oxygen atoms in total. The van der Waals surface area contributed by atoms with Gasteiger partial charge >= 0.3 is 0 Å². The van der Waals surface area contributed by atoms with Crippen LogP contribution >= 0.6 is 0 Å². The van der Waals surface area contributed by atoms with Gasteiger partial charge in [-0.15, -0.1) is 0 Å². The first kappa shape index (κ1) is 14.3. The molecule has 1 heterocycles. The molecule has 5 heteroatoms. The van der Waals surface area contributed by atoms with Crippen molar-refractivity contribution in [2.75, 3.05) is 20.6 Å². The van der Waals surface area contributed by atoms with E-state index < -0.39 is 0 Å². The van der Waals surface area contributed by atoms with Crippen molar-refractivity contribution < 1.29 is 4.79 Å². The number of carbonyl (C=O) groups is 1. The van der Waals surface area contributed by atoms with Crippen LogP contribution in [0.1, 0.15) is 11.1 Å². The van der Waals surface area contributed by atoms with Crippen molar-refractivity contribution in [1.29, 1.82) is 0 Å². The average Bonchev–Trinajstić information content (AvgIpc) is 2.87. The number of carbonyl (C=O) groups excluding carboxylic acids is 1. The normalized spacial score (nSPS) is 10.5. The van der Waals surface area contributed by atoms with E-state index in [1.165, 1.54) is 5.56 Å². The quantitative estimate of drug-likeness (QED) is 0.857. The van der Waals surface area contributed by atoms with E-state index in [1.807, 2.05) is 35.3 Å². The summed E-state index contributed by atoms with van der Waals surface area (Å²) in [6.07, 6.45) is 3.83. The van der Waals surface area contributed by atoms with Crippen molar-refractivity contribution in [3.05, 3.63) is 53.9 Å². The van der Waals surface area contributed by atoms with Gasteiger partial charge in [-0.25, -0.2) is 0 Å². The van der Waals surface area contributed by atoms with Gasteiger partial charge in [0, 0.05) is 32.4 Å². The minimum atomic E-state index is 0.0710. The maximum atomic E-state index is 11.4. The molecule has 20 heavy (non-hydrogen) atoms. The highest BCUT2D eigenvalue weighted by molar-refractivity contribution is 5.77. The van der Waals surface area contributed by atoms with Crippen molar-refractivity contribution in [3.8, 4) is 0 Å². The molecule has 0 saturated carbocycles. The van der Waals surface area contributed by atoms with Crippen LogP contribution in [0.5, 0.6) is 0 Å². The Morgan fingerprint density at radius 2 is 2.00 bits per heavy atom. The lowest BCUT2D eigenvalue weighted by molar-refractivity contribution is -0.127. The molecule has 0 spiro atoms. The minimum absolute atomic E-state index is 0.0710. The zero-order valence-electron chi connectivity index (χ0n) is 11.9. The molecular weight excluding hydrogens is 252 g/mol. The standard InChI is InChI=1S/C15H20N4O/c1-18(2)15(20)10-16-8-14-9-17-19(12-14)11-13-6-4-3-5-7-13/h3-7,9,12,16H,8,10-11H2,1-2H3. The number of aromatic nitrogens is 2. The summed E-state index contributed by atoms with van der Waals surface area (Å²) in [5, 5.41) is 7.44. The van der Waals surface area contributed by atoms with Gasteiger partial charge in [0.15, 0.2) is 0 Å². The van der Waals surface area contributed by atoms with Gasteiger partial charge in [0.25, 0.3) is 0 Å². The molecule has 0 atom stereocenters. The number of amides is 1. The molecule has 1 aromatic carbocycles. The molecule has 0 aliphatic rings. The third-order valence-corrected chi connectivity index (χ3v) is 2.98. The van der Waals surface area contributed by atoms with E-state index in [0.717, 1.165) is 12.1 Å². The number of nitrogens with zero attached hydrogens (tertiary/aromatic N) is 3. The van der Waals surface area contributed by atoms with Gasteiger partial charge in [0.2, 0.25) is 5.91 Å². The van der Waals surface area contributed by atoms with Gasteiger partial charge < -0.3 is 10.2 Å². The fraction of sp³-hybridized carbons (Fsp3) is 0.333. The van der Waals surface area contributed by atoms with Crippen molar-refractivity contribution in [1.82, 2.24) is 20.0 Å². The van der Waals surface area contributed by atoms with E-state index in [4.69, 9.17) is 0 Å². The van der Waals surface area contributed by atoms with E-state index in [2.05, 4.69) is 22.5 Å². The van der Waals surface area contributed by atoms with Crippen molar-refractivity contribution in [3.63, 3.8) is 0 Å². The van der Waals surface area contributed by atoms with Crippen LogP contribution in [0.15, 0.2) is 42.7 Å². The fourth-order valence-electron chi connectivity index (χ4n) is 1.83. The Bertz CT molecular complexity index is 548. The third-order valence-electron chi connectivity index (χ3n) is 2.98. The Morgan fingerprint density at radius 3 is 2.70 bits per heavy atom. The first-order chi connectivity index (χ1) is 9.65. The number of rotatable bonds is 6. The maximum Gasteiger partial charge on any atom is 0.236 e. The lowest BCUT2D eigenvalue weighted by Crippen LogP contribution is -2.32. The summed E-state index contributed by atoms with van der Waals surface area (Å²) in [6.45, 7) is 1.75.